The fraction of sp³-hybridized carbons (Fsp3) is 0.200. The zero-order chi connectivity index (χ0) is 13.1. The predicted molar refractivity (Wildman–Crippen MR) is 79.1 cm³/mol. The first-order valence-corrected chi connectivity index (χ1v) is 6.08. The number of nitrogens with one attached hydrogen (secondary N) is 1. The van der Waals surface area contributed by atoms with Gasteiger partial charge in [0.05, 0.1) is 11.4 Å². The minimum absolute atomic E-state index is 0.517. The molecule has 0 aliphatic rings. The molecule has 2 aromatic rings. The minimum atomic E-state index is 0.517. The molecular weight excluding hydrogens is 222 g/mol. The summed E-state index contributed by atoms with van der Waals surface area (Å²) in [6.45, 7) is 4.36. The molecule has 0 atom stereocenters. The summed E-state index contributed by atoms with van der Waals surface area (Å²) in [6.07, 6.45) is 0. The largest absolute Gasteiger partial charge is 0.397 e. The monoisotopic (exact) mass is 241 g/mol. The molecule has 3 nitrogen and oxygen atoms in total. The number of hydrogen-bond donors (Lipinski definition) is 3. The lowest BCUT2D eigenvalue weighted by Crippen LogP contribution is -1.97. The maximum atomic E-state index is 5.79. The molecular formula is C15H19N3. The van der Waals surface area contributed by atoms with Gasteiger partial charge in [-0.15, -0.1) is 0 Å². The van der Waals surface area contributed by atoms with E-state index in [1.165, 1.54) is 5.56 Å². The molecule has 0 spiro atoms. The second-order valence-electron chi connectivity index (χ2n) is 4.75. The third-order valence-electron chi connectivity index (χ3n) is 2.93. The Kier molecular flexibility index (Phi) is 3.42. The zero-order valence-corrected chi connectivity index (χ0v) is 10.8. The van der Waals surface area contributed by atoms with Gasteiger partial charge in [-0.3, -0.25) is 0 Å². The van der Waals surface area contributed by atoms with E-state index in [-0.39, 0.29) is 0 Å². The van der Waals surface area contributed by atoms with Crippen LogP contribution in [0, 0.1) is 0 Å². The number of rotatable bonds is 3. The molecule has 3 heteroatoms. The molecule has 0 unspecified atom stereocenters. The Labute approximate surface area is 108 Å². The zero-order valence-electron chi connectivity index (χ0n) is 10.8. The summed E-state index contributed by atoms with van der Waals surface area (Å²) in [7, 11) is 0. The number of nitrogens with two attached hydrogens (primary N) is 2. The molecule has 0 saturated heterocycles. The summed E-state index contributed by atoms with van der Waals surface area (Å²) < 4.78 is 0. The van der Waals surface area contributed by atoms with Gasteiger partial charge in [0.15, 0.2) is 0 Å². The van der Waals surface area contributed by atoms with Gasteiger partial charge < -0.3 is 16.8 Å². The molecule has 0 amide bonds. The van der Waals surface area contributed by atoms with E-state index in [2.05, 4.69) is 37.4 Å². The van der Waals surface area contributed by atoms with Crippen molar-refractivity contribution in [2.75, 3.05) is 16.8 Å². The van der Waals surface area contributed by atoms with Crippen LogP contribution in [0.1, 0.15) is 25.3 Å². The van der Waals surface area contributed by atoms with Gasteiger partial charge >= 0.3 is 0 Å². The molecule has 2 aromatic carbocycles. The Balaban J connectivity index is 2.23. The molecule has 0 aliphatic heterocycles. The second kappa shape index (κ2) is 5.00. The van der Waals surface area contributed by atoms with Crippen molar-refractivity contribution < 1.29 is 0 Å². The molecule has 94 valence electrons. The Hall–Kier alpha value is -2.16. The van der Waals surface area contributed by atoms with Crippen LogP contribution < -0.4 is 16.8 Å². The molecule has 18 heavy (non-hydrogen) atoms. The van der Waals surface area contributed by atoms with Crippen LogP contribution in [-0.2, 0) is 0 Å². The maximum absolute atomic E-state index is 5.79. The fourth-order valence-corrected chi connectivity index (χ4v) is 1.79. The van der Waals surface area contributed by atoms with Gasteiger partial charge in [0.25, 0.3) is 0 Å². The third-order valence-corrected chi connectivity index (χ3v) is 2.93. The maximum Gasteiger partial charge on any atom is 0.0568 e. The van der Waals surface area contributed by atoms with Crippen molar-refractivity contribution in [2.24, 2.45) is 0 Å². The average Bonchev–Trinajstić information content (AvgIpc) is 2.34. The van der Waals surface area contributed by atoms with Crippen molar-refractivity contribution in [1.29, 1.82) is 0 Å². The first-order chi connectivity index (χ1) is 8.56. The molecule has 5 N–H and O–H groups in total. The van der Waals surface area contributed by atoms with Crippen LogP contribution in [0.4, 0.5) is 22.7 Å². The summed E-state index contributed by atoms with van der Waals surface area (Å²) in [5.41, 5.74) is 16.0. The second-order valence-corrected chi connectivity index (χ2v) is 4.75. The van der Waals surface area contributed by atoms with Crippen molar-refractivity contribution >= 4 is 22.7 Å². The molecule has 0 bridgehead atoms. The van der Waals surface area contributed by atoms with E-state index in [9.17, 15) is 0 Å². The van der Waals surface area contributed by atoms with Gasteiger partial charge in [-0.2, -0.15) is 0 Å². The van der Waals surface area contributed by atoms with E-state index in [0.29, 0.717) is 17.3 Å². The fourth-order valence-electron chi connectivity index (χ4n) is 1.79. The SMILES string of the molecule is CC(C)c1cccc(Nc2ccc(N)c(N)c2)c1. The molecule has 0 fully saturated rings. The third kappa shape index (κ3) is 2.74. The highest BCUT2D eigenvalue weighted by Gasteiger charge is 2.02. The van der Waals surface area contributed by atoms with E-state index in [1.54, 1.807) is 0 Å². The van der Waals surface area contributed by atoms with E-state index >= 15 is 0 Å². The Bertz CT molecular complexity index is 547. The van der Waals surface area contributed by atoms with Gasteiger partial charge in [-0.1, -0.05) is 26.0 Å². The van der Waals surface area contributed by atoms with Crippen LogP contribution in [0.3, 0.4) is 0 Å². The molecule has 0 aliphatic carbocycles. The van der Waals surface area contributed by atoms with Gasteiger partial charge in [0.1, 0.15) is 0 Å². The summed E-state index contributed by atoms with van der Waals surface area (Å²) in [4.78, 5) is 0. The summed E-state index contributed by atoms with van der Waals surface area (Å²) in [6, 6.07) is 14.0. The summed E-state index contributed by atoms with van der Waals surface area (Å²) >= 11 is 0. The van der Waals surface area contributed by atoms with Gasteiger partial charge in [-0.05, 0) is 41.8 Å². The lowest BCUT2D eigenvalue weighted by molar-refractivity contribution is 0.867. The summed E-state index contributed by atoms with van der Waals surface area (Å²) in [5.74, 6) is 0.517. The standard InChI is InChI=1S/C15H19N3/c1-10(2)11-4-3-5-12(8-11)18-13-6-7-14(16)15(17)9-13/h3-10,18H,16-17H2,1-2H3. The highest BCUT2D eigenvalue weighted by molar-refractivity contribution is 5.72. The molecule has 2 rings (SSSR count). The van der Waals surface area contributed by atoms with Gasteiger partial charge in [0, 0.05) is 11.4 Å². The van der Waals surface area contributed by atoms with E-state index in [1.807, 2.05) is 24.3 Å². The molecule has 0 radical (unpaired) electrons. The minimum Gasteiger partial charge on any atom is -0.397 e. The van der Waals surface area contributed by atoms with E-state index in [4.69, 9.17) is 11.5 Å². The van der Waals surface area contributed by atoms with Crippen LogP contribution in [0.25, 0.3) is 0 Å². The quantitative estimate of drug-likeness (QED) is 0.718. The number of benzene rings is 2. The number of anilines is 4. The van der Waals surface area contributed by atoms with Crippen LogP contribution in [0.2, 0.25) is 0 Å². The van der Waals surface area contributed by atoms with Crippen LogP contribution in [0.5, 0.6) is 0 Å². The first-order valence-electron chi connectivity index (χ1n) is 6.08. The van der Waals surface area contributed by atoms with Crippen molar-refractivity contribution in [3.05, 3.63) is 48.0 Å². The highest BCUT2D eigenvalue weighted by Crippen LogP contribution is 2.25. The average molecular weight is 241 g/mol. The Morgan fingerprint density at radius 3 is 2.28 bits per heavy atom. The molecule has 0 aromatic heterocycles. The van der Waals surface area contributed by atoms with Crippen LogP contribution in [-0.4, -0.2) is 0 Å². The van der Waals surface area contributed by atoms with E-state index < -0.39 is 0 Å². The van der Waals surface area contributed by atoms with Crippen LogP contribution >= 0.6 is 0 Å². The normalized spacial score (nSPS) is 10.6. The van der Waals surface area contributed by atoms with Crippen molar-refractivity contribution in [3.8, 4) is 0 Å². The Morgan fingerprint density at radius 2 is 1.61 bits per heavy atom. The Morgan fingerprint density at radius 1 is 0.889 bits per heavy atom. The van der Waals surface area contributed by atoms with Crippen molar-refractivity contribution in [3.63, 3.8) is 0 Å². The van der Waals surface area contributed by atoms with Gasteiger partial charge in [0.2, 0.25) is 0 Å². The smallest absolute Gasteiger partial charge is 0.0568 e. The van der Waals surface area contributed by atoms with E-state index in [0.717, 1.165) is 11.4 Å². The molecule has 0 saturated carbocycles. The van der Waals surface area contributed by atoms with Gasteiger partial charge in [-0.25, -0.2) is 0 Å². The number of hydrogen-bond acceptors (Lipinski definition) is 3. The molecule has 0 heterocycles. The lowest BCUT2D eigenvalue weighted by Gasteiger charge is -2.11. The van der Waals surface area contributed by atoms with Crippen molar-refractivity contribution in [2.45, 2.75) is 19.8 Å². The number of nitrogen functional groups attached to an aromatic ring is 2. The lowest BCUT2D eigenvalue weighted by atomic mass is 10.0. The predicted octanol–water partition coefficient (Wildman–Crippen LogP) is 3.72. The van der Waals surface area contributed by atoms with Crippen LogP contribution in [0.15, 0.2) is 42.5 Å². The van der Waals surface area contributed by atoms with Crippen molar-refractivity contribution in [1.82, 2.24) is 0 Å². The topological polar surface area (TPSA) is 64.1 Å². The summed E-state index contributed by atoms with van der Waals surface area (Å²) in [5, 5.41) is 3.33. The first kappa shape index (κ1) is 12.3. The highest BCUT2D eigenvalue weighted by atomic mass is 14.9.